The normalized spacial score (nSPS) is 16.9. The van der Waals surface area contributed by atoms with E-state index in [9.17, 15) is 4.79 Å². The molecule has 1 aliphatic rings. The highest BCUT2D eigenvalue weighted by Gasteiger charge is 2.20. The summed E-state index contributed by atoms with van der Waals surface area (Å²) in [4.78, 5) is 10.7. The molecule has 110 valence electrons. The average molecular weight is 297 g/mol. The van der Waals surface area contributed by atoms with E-state index in [1.54, 1.807) is 7.11 Å². The van der Waals surface area contributed by atoms with Crippen LogP contribution in [0.25, 0.3) is 0 Å². The van der Waals surface area contributed by atoms with Crippen LogP contribution < -0.4 is 9.47 Å². The van der Waals surface area contributed by atoms with E-state index in [0.29, 0.717) is 22.9 Å². The van der Waals surface area contributed by atoms with Crippen LogP contribution in [0, 0.1) is 0 Å². The number of rotatable bonds is 6. The first kappa shape index (κ1) is 15.2. The maximum Gasteiger partial charge on any atom is 0.163 e. The molecule has 1 aliphatic carbocycles. The number of carbonyl (C=O) groups excluding carboxylic acids is 1. The fourth-order valence-electron chi connectivity index (χ4n) is 2.64. The van der Waals surface area contributed by atoms with E-state index in [4.69, 9.17) is 21.1 Å². The maximum absolute atomic E-state index is 10.7. The van der Waals surface area contributed by atoms with Gasteiger partial charge < -0.3 is 14.3 Å². The monoisotopic (exact) mass is 296 g/mol. The van der Waals surface area contributed by atoms with Gasteiger partial charge in [0.25, 0.3) is 0 Å². The highest BCUT2D eigenvalue weighted by Crippen LogP contribution is 2.39. The Labute approximate surface area is 125 Å². The van der Waals surface area contributed by atoms with Gasteiger partial charge in [-0.2, -0.15) is 0 Å². The third kappa shape index (κ3) is 3.45. The summed E-state index contributed by atoms with van der Waals surface area (Å²) in [6.45, 7) is 1.98. The van der Waals surface area contributed by atoms with E-state index >= 15 is 0 Å². The van der Waals surface area contributed by atoms with E-state index in [1.807, 2.05) is 19.1 Å². The van der Waals surface area contributed by atoms with Crippen LogP contribution in [-0.4, -0.2) is 19.5 Å². The quantitative estimate of drug-likeness (QED) is 0.732. The van der Waals surface area contributed by atoms with Crippen molar-refractivity contribution >= 4 is 17.9 Å². The minimum Gasteiger partial charge on any atom is -0.493 e. The van der Waals surface area contributed by atoms with Crippen LogP contribution in [0.5, 0.6) is 11.5 Å². The Bertz CT molecular complexity index is 467. The summed E-state index contributed by atoms with van der Waals surface area (Å²) in [5, 5.41) is 0.633. The molecule has 1 unspecified atom stereocenters. The fourth-order valence-corrected chi connectivity index (χ4v) is 2.98. The van der Waals surface area contributed by atoms with Crippen LogP contribution in [0.15, 0.2) is 12.1 Å². The number of halogens is 1. The lowest BCUT2D eigenvalue weighted by molar-refractivity contribution is -0.108. The van der Waals surface area contributed by atoms with Gasteiger partial charge in [-0.25, -0.2) is 0 Å². The third-order valence-corrected chi connectivity index (χ3v) is 4.19. The molecule has 0 N–H and O–H groups in total. The molecule has 0 aromatic heterocycles. The lowest BCUT2D eigenvalue weighted by Crippen LogP contribution is -2.12. The van der Waals surface area contributed by atoms with Crippen molar-refractivity contribution in [3.63, 3.8) is 0 Å². The van der Waals surface area contributed by atoms with Crippen molar-refractivity contribution in [2.75, 3.05) is 7.11 Å². The molecule has 20 heavy (non-hydrogen) atoms. The Kier molecular flexibility index (Phi) is 5.30. The third-order valence-electron chi connectivity index (χ3n) is 3.86. The summed E-state index contributed by atoms with van der Waals surface area (Å²) >= 11 is 6.32. The number of benzene rings is 1. The maximum atomic E-state index is 10.7. The van der Waals surface area contributed by atoms with E-state index in [-0.39, 0.29) is 12.0 Å². The molecule has 0 saturated heterocycles. The number of ether oxygens (including phenoxy) is 2. The van der Waals surface area contributed by atoms with Gasteiger partial charge in [0.2, 0.25) is 0 Å². The van der Waals surface area contributed by atoms with E-state index < -0.39 is 0 Å². The van der Waals surface area contributed by atoms with Gasteiger partial charge in [-0.15, -0.1) is 0 Å². The Morgan fingerprint density at radius 1 is 1.35 bits per heavy atom. The largest absolute Gasteiger partial charge is 0.493 e. The first-order valence-electron chi connectivity index (χ1n) is 7.13. The summed E-state index contributed by atoms with van der Waals surface area (Å²) in [7, 11) is 1.62. The van der Waals surface area contributed by atoms with Crippen LogP contribution in [0.3, 0.4) is 0 Å². The van der Waals surface area contributed by atoms with Gasteiger partial charge in [-0.05, 0) is 43.2 Å². The van der Waals surface area contributed by atoms with Gasteiger partial charge in [0.15, 0.2) is 11.5 Å². The summed E-state index contributed by atoms with van der Waals surface area (Å²) in [6.07, 6.45) is 6.24. The predicted molar refractivity (Wildman–Crippen MR) is 80.0 cm³/mol. The SMILES string of the molecule is COc1cc(C(C)CC=O)c(Cl)cc1OC1CCCC1. The standard InChI is InChI=1S/C16H21ClO3/c1-11(7-8-18)13-9-15(19-2)16(10-14(13)17)20-12-5-3-4-6-12/h8-12H,3-7H2,1-2H3. The minimum atomic E-state index is 0.0782. The number of carbonyl (C=O) groups is 1. The topological polar surface area (TPSA) is 35.5 Å². The summed E-state index contributed by atoms with van der Waals surface area (Å²) < 4.78 is 11.4. The molecule has 0 amide bonds. The molecular weight excluding hydrogens is 276 g/mol. The second-order valence-electron chi connectivity index (χ2n) is 5.35. The van der Waals surface area contributed by atoms with E-state index in [0.717, 1.165) is 24.7 Å². The summed E-state index contributed by atoms with van der Waals surface area (Å²) in [5.41, 5.74) is 0.925. The van der Waals surface area contributed by atoms with Crippen molar-refractivity contribution in [2.24, 2.45) is 0 Å². The Morgan fingerprint density at radius 2 is 2.05 bits per heavy atom. The van der Waals surface area contributed by atoms with Gasteiger partial charge >= 0.3 is 0 Å². The van der Waals surface area contributed by atoms with Crippen LogP contribution >= 0.6 is 11.6 Å². The Balaban J connectivity index is 2.24. The van der Waals surface area contributed by atoms with Crippen molar-refractivity contribution in [1.29, 1.82) is 0 Å². The highest BCUT2D eigenvalue weighted by molar-refractivity contribution is 6.31. The van der Waals surface area contributed by atoms with E-state index in [1.165, 1.54) is 12.8 Å². The van der Waals surface area contributed by atoms with Gasteiger partial charge in [0.1, 0.15) is 6.29 Å². The van der Waals surface area contributed by atoms with Gasteiger partial charge in [0.05, 0.1) is 13.2 Å². The van der Waals surface area contributed by atoms with Gasteiger partial charge in [-0.3, -0.25) is 0 Å². The molecule has 0 radical (unpaired) electrons. The second-order valence-corrected chi connectivity index (χ2v) is 5.76. The molecular formula is C16H21ClO3. The first-order valence-corrected chi connectivity index (χ1v) is 7.51. The van der Waals surface area contributed by atoms with Crippen molar-refractivity contribution in [3.05, 3.63) is 22.7 Å². The predicted octanol–water partition coefficient (Wildman–Crippen LogP) is 4.36. The number of hydrogen-bond donors (Lipinski definition) is 0. The van der Waals surface area contributed by atoms with Crippen LogP contribution in [0.4, 0.5) is 0 Å². The first-order chi connectivity index (χ1) is 9.65. The van der Waals surface area contributed by atoms with Crippen molar-refractivity contribution in [3.8, 4) is 11.5 Å². The number of hydrogen-bond acceptors (Lipinski definition) is 3. The Morgan fingerprint density at radius 3 is 2.65 bits per heavy atom. The lowest BCUT2D eigenvalue weighted by Gasteiger charge is -2.19. The van der Waals surface area contributed by atoms with E-state index in [2.05, 4.69) is 0 Å². The Hall–Kier alpha value is -1.22. The average Bonchev–Trinajstić information content (AvgIpc) is 2.92. The molecule has 1 saturated carbocycles. The second kappa shape index (κ2) is 6.98. The molecule has 3 nitrogen and oxygen atoms in total. The molecule has 4 heteroatoms. The molecule has 2 rings (SSSR count). The number of aldehydes is 1. The van der Waals surface area contributed by atoms with Crippen molar-refractivity contribution < 1.29 is 14.3 Å². The number of methoxy groups -OCH3 is 1. The van der Waals surface area contributed by atoms with Crippen molar-refractivity contribution in [2.45, 2.75) is 51.0 Å². The zero-order valence-corrected chi connectivity index (χ0v) is 12.8. The fraction of sp³-hybridized carbons (Fsp3) is 0.562. The summed E-state index contributed by atoms with van der Waals surface area (Å²) in [5.74, 6) is 1.47. The van der Waals surface area contributed by atoms with Crippen LogP contribution in [0.1, 0.15) is 50.5 Å². The molecule has 1 aromatic carbocycles. The molecule has 0 aliphatic heterocycles. The minimum absolute atomic E-state index is 0.0782. The zero-order valence-electron chi connectivity index (χ0n) is 12.0. The summed E-state index contributed by atoms with van der Waals surface area (Å²) in [6, 6.07) is 3.70. The highest BCUT2D eigenvalue weighted by atomic mass is 35.5. The molecule has 1 aromatic rings. The van der Waals surface area contributed by atoms with Gasteiger partial charge in [-0.1, -0.05) is 18.5 Å². The molecule has 0 heterocycles. The van der Waals surface area contributed by atoms with Crippen LogP contribution in [0.2, 0.25) is 5.02 Å². The molecule has 0 bridgehead atoms. The van der Waals surface area contributed by atoms with Gasteiger partial charge in [0, 0.05) is 17.5 Å². The van der Waals surface area contributed by atoms with Crippen molar-refractivity contribution in [1.82, 2.24) is 0 Å². The zero-order chi connectivity index (χ0) is 14.5. The smallest absolute Gasteiger partial charge is 0.163 e. The molecule has 1 fully saturated rings. The van der Waals surface area contributed by atoms with Crippen LogP contribution in [-0.2, 0) is 4.79 Å². The molecule has 1 atom stereocenters. The lowest BCUT2D eigenvalue weighted by atomic mass is 9.98. The molecule has 0 spiro atoms.